The highest BCUT2D eigenvalue weighted by Gasteiger charge is 2.27. The van der Waals surface area contributed by atoms with Crippen molar-refractivity contribution < 1.29 is 18.1 Å². The predicted molar refractivity (Wildman–Crippen MR) is 73.3 cm³/mol. The van der Waals surface area contributed by atoms with Crippen LogP contribution in [0.4, 0.5) is 8.78 Å². The highest BCUT2D eigenvalue weighted by molar-refractivity contribution is 5.94. The second-order valence-electron chi connectivity index (χ2n) is 4.07. The van der Waals surface area contributed by atoms with Crippen LogP contribution in [-0.4, -0.2) is 35.1 Å². The smallest absolute Gasteiger partial charge is 0.277 e. The first kappa shape index (κ1) is 17.0. The molecule has 0 fully saturated rings. The molecule has 6 nitrogen and oxygen atoms in total. The lowest BCUT2D eigenvalue weighted by Crippen LogP contribution is -2.41. The second kappa shape index (κ2) is 7.09. The molecule has 1 amide bonds. The van der Waals surface area contributed by atoms with Crippen LogP contribution in [0.2, 0.25) is 0 Å². The highest BCUT2D eigenvalue weighted by Crippen LogP contribution is 2.15. The Balaban J connectivity index is 0.00000220. The van der Waals surface area contributed by atoms with E-state index in [0.29, 0.717) is 11.4 Å². The Morgan fingerprint density at radius 3 is 2.52 bits per heavy atom. The Hall–Kier alpha value is -2.06. The molecule has 0 aliphatic rings. The van der Waals surface area contributed by atoms with Crippen molar-refractivity contribution in [2.24, 2.45) is 5.73 Å². The molecule has 2 rings (SSSR count). The number of alkyl halides is 2. The normalized spacial score (nSPS) is 10.8. The second-order valence-corrected chi connectivity index (χ2v) is 4.07. The molecule has 0 saturated heterocycles. The van der Waals surface area contributed by atoms with Gasteiger partial charge in [-0.1, -0.05) is 17.3 Å². The van der Waals surface area contributed by atoms with Gasteiger partial charge < -0.3 is 15.6 Å². The van der Waals surface area contributed by atoms with Gasteiger partial charge in [0.2, 0.25) is 12.2 Å². The summed E-state index contributed by atoms with van der Waals surface area (Å²) >= 11 is 0. The van der Waals surface area contributed by atoms with E-state index in [9.17, 15) is 13.6 Å². The number of aromatic nitrogens is 2. The van der Waals surface area contributed by atoms with Gasteiger partial charge in [0.15, 0.2) is 0 Å². The third-order valence-electron chi connectivity index (χ3n) is 2.57. The fraction of sp³-hybridized carbons (Fsp3) is 0.250. The van der Waals surface area contributed by atoms with E-state index in [1.54, 1.807) is 12.1 Å². The van der Waals surface area contributed by atoms with E-state index in [4.69, 9.17) is 5.73 Å². The number of amides is 1. The predicted octanol–water partition coefficient (Wildman–Crippen LogP) is 1.48. The van der Waals surface area contributed by atoms with Gasteiger partial charge in [0, 0.05) is 11.1 Å². The minimum Gasteiger partial charge on any atom is -0.346 e. The average molecular weight is 319 g/mol. The quantitative estimate of drug-likeness (QED) is 0.871. The van der Waals surface area contributed by atoms with E-state index in [-0.39, 0.29) is 18.0 Å². The van der Waals surface area contributed by atoms with Crippen molar-refractivity contribution in [3.63, 3.8) is 0 Å². The molecule has 0 unspecified atom stereocenters. The lowest BCUT2D eigenvalue weighted by molar-refractivity contribution is 0.0118. The number of nitrogens with zero attached hydrogens (tertiary/aromatic N) is 2. The number of halogens is 3. The fourth-order valence-corrected chi connectivity index (χ4v) is 1.45. The molecule has 0 saturated carbocycles. The van der Waals surface area contributed by atoms with Crippen molar-refractivity contribution in [3.05, 3.63) is 36.2 Å². The van der Waals surface area contributed by atoms with Gasteiger partial charge >= 0.3 is 0 Å². The summed E-state index contributed by atoms with van der Waals surface area (Å²) in [6.07, 6.45) is 1.19. The lowest BCUT2D eigenvalue weighted by atomic mass is 10.1. The van der Waals surface area contributed by atoms with Crippen LogP contribution in [0.15, 0.2) is 35.2 Å². The molecule has 3 N–H and O–H groups in total. The minimum absolute atomic E-state index is 0. The van der Waals surface area contributed by atoms with Crippen LogP contribution in [0, 0.1) is 0 Å². The molecule has 0 spiro atoms. The number of hydrogen-bond donors (Lipinski definition) is 2. The van der Waals surface area contributed by atoms with Crippen molar-refractivity contribution in [3.8, 4) is 11.4 Å². The molecule has 0 aliphatic carbocycles. The minimum atomic E-state index is -3.11. The lowest BCUT2D eigenvalue weighted by Gasteiger charge is -2.14. The monoisotopic (exact) mass is 318 g/mol. The van der Waals surface area contributed by atoms with E-state index < -0.39 is 24.9 Å². The Morgan fingerprint density at radius 2 is 2.00 bits per heavy atom. The van der Waals surface area contributed by atoms with Crippen LogP contribution in [-0.2, 0) is 0 Å². The van der Waals surface area contributed by atoms with Gasteiger partial charge in [-0.05, 0) is 12.1 Å². The molecule has 21 heavy (non-hydrogen) atoms. The summed E-state index contributed by atoms with van der Waals surface area (Å²) in [5.74, 6) is -3.33. The summed E-state index contributed by atoms with van der Waals surface area (Å²) in [6.45, 7) is -1.61. The molecular weight excluding hydrogens is 306 g/mol. The van der Waals surface area contributed by atoms with E-state index >= 15 is 0 Å². The summed E-state index contributed by atoms with van der Waals surface area (Å²) in [5.41, 5.74) is 5.79. The summed E-state index contributed by atoms with van der Waals surface area (Å²) in [6, 6.07) is 6.17. The standard InChI is InChI=1S/C12H12F2N4O2.ClH/c13-12(14,5-15)6-16-11(19)9-3-1-8(2-4-9)10-17-7-20-18-10;/h1-4,7H,5-6,15H2,(H,16,19);1H. The van der Waals surface area contributed by atoms with Crippen LogP contribution >= 0.6 is 12.4 Å². The summed E-state index contributed by atoms with van der Waals surface area (Å²) < 4.78 is 30.4. The van der Waals surface area contributed by atoms with Crippen molar-refractivity contribution >= 4 is 18.3 Å². The van der Waals surface area contributed by atoms with Gasteiger partial charge in [0.25, 0.3) is 11.8 Å². The van der Waals surface area contributed by atoms with Gasteiger partial charge in [0.05, 0.1) is 13.1 Å². The van der Waals surface area contributed by atoms with E-state index in [1.165, 1.54) is 18.5 Å². The van der Waals surface area contributed by atoms with Crippen molar-refractivity contribution in [2.75, 3.05) is 13.1 Å². The van der Waals surface area contributed by atoms with E-state index in [0.717, 1.165) is 0 Å². The molecule has 0 aliphatic heterocycles. The zero-order chi connectivity index (χ0) is 14.6. The number of benzene rings is 1. The van der Waals surface area contributed by atoms with Crippen molar-refractivity contribution in [2.45, 2.75) is 5.92 Å². The first-order chi connectivity index (χ1) is 9.52. The van der Waals surface area contributed by atoms with Gasteiger partial charge in [0.1, 0.15) is 0 Å². The maximum atomic E-state index is 12.9. The molecule has 1 heterocycles. The van der Waals surface area contributed by atoms with E-state index in [2.05, 4.69) is 20.0 Å². The average Bonchev–Trinajstić information content (AvgIpc) is 2.99. The molecule has 1 aromatic carbocycles. The van der Waals surface area contributed by atoms with Crippen LogP contribution in [0.25, 0.3) is 11.4 Å². The first-order valence-corrected chi connectivity index (χ1v) is 5.75. The highest BCUT2D eigenvalue weighted by atomic mass is 35.5. The number of carbonyl (C=O) groups excluding carboxylic acids is 1. The Morgan fingerprint density at radius 1 is 1.33 bits per heavy atom. The maximum absolute atomic E-state index is 12.9. The maximum Gasteiger partial charge on any atom is 0.277 e. The Labute approximate surface area is 125 Å². The molecule has 1 aromatic heterocycles. The van der Waals surface area contributed by atoms with Crippen molar-refractivity contribution in [1.82, 2.24) is 15.5 Å². The number of carbonyl (C=O) groups is 1. The van der Waals surface area contributed by atoms with Crippen LogP contribution in [0.3, 0.4) is 0 Å². The fourth-order valence-electron chi connectivity index (χ4n) is 1.45. The molecular formula is C12H13ClF2N4O2. The summed E-state index contributed by atoms with van der Waals surface area (Å²) in [5, 5.41) is 5.77. The molecule has 114 valence electrons. The molecule has 0 radical (unpaired) electrons. The summed E-state index contributed by atoms with van der Waals surface area (Å²) in [4.78, 5) is 15.5. The number of rotatable bonds is 5. The van der Waals surface area contributed by atoms with Gasteiger partial charge in [-0.25, -0.2) is 8.78 Å². The topological polar surface area (TPSA) is 94.0 Å². The van der Waals surface area contributed by atoms with Gasteiger partial charge in [-0.3, -0.25) is 4.79 Å². The SMILES string of the molecule is Cl.NCC(F)(F)CNC(=O)c1ccc(-c2ncon2)cc1. The van der Waals surface area contributed by atoms with Crippen LogP contribution in [0.5, 0.6) is 0 Å². The molecule has 2 aromatic rings. The zero-order valence-corrected chi connectivity index (χ0v) is 11.6. The first-order valence-electron chi connectivity index (χ1n) is 5.75. The number of nitrogens with one attached hydrogen (secondary N) is 1. The van der Waals surface area contributed by atoms with Gasteiger partial charge in [-0.2, -0.15) is 4.98 Å². The van der Waals surface area contributed by atoms with Crippen LogP contribution < -0.4 is 11.1 Å². The molecule has 9 heteroatoms. The van der Waals surface area contributed by atoms with Crippen LogP contribution in [0.1, 0.15) is 10.4 Å². The molecule has 0 atom stereocenters. The number of hydrogen-bond acceptors (Lipinski definition) is 5. The summed E-state index contributed by atoms with van der Waals surface area (Å²) in [7, 11) is 0. The third kappa shape index (κ3) is 4.47. The van der Waals surface area contributed by atoms with Crippen molar-refractivity contribution in [1.29, 1.82) is 0 Å². The zero-order valence-electron chi connectivity index (χ0n) is 10.8. The largest absolute Gasteiger partial charge is 0.346 e. The van der Waals surface area contributed by atoms with Gasteiger partial charge in [-0.15, -0.1) is 12.4 Å². The Kier molecular flexibility index (Phi) is 5.74. The Bertz CT molecular complexity index is 575. The number of nitrogens with two attached hydrogens (primary N) is 1. The third-order valence-corrected chi connectivity index (χ3v) is 2.57. The molecule has 0 bridgehead atoms. The van der Waals surface area contributed by atoms with E-state index in [1.807, 2.05) is 0 Å².